The monoisotopic (exact) mass is 514 g/mol. The molecule has 0 aliphatic rings. The fourth-order valence-electron chi connectivity index (χ4n) is 3.13. The maximum atomic E-state index is 12.5. The SMILES string of the molecule is CN(C)CCNS(=O)(=O)c1ccc(Nc2cc(-c3ccccc3)nc3c(Br)cnn23)cc1. The zero-order valence-electron chi connectivity index (χ0n) is 17.7. The van der Waals surface area contributed by atoms with E-state index in [1.807, 2.05) is 55.4 Å². The molecule has 2 heterocycles. The van der Waals surface area contributed by atoms with Crippen molar-refractivity contribution < 1.29 is 8.42 Å². The molecule has 0 aliphatic heterocycles. The summed E-state index contributed by atoms with van der Waals surface area (Å²) >= 11 is 3.50. The Hall–Kier alpha value is -2.79. The Morgan fingerprint density at radius 3 is 2.47 bits per heavy atom. The average molecular weight is 515 g/mol. The Balaban J connectivity index is 1.61. The van der Waals surface area contributed by atoms with Crippen molar-refractivity contribution in [1.82, 2.24) is 24.2 Å². The highest BCUT2D eigenvalue weighted by molar-refractivity contribution is 9.10. The number of likely N-dealkylation sites (N-methyl/N-ethyl adjacent to an activating group) is 1. The molecule has 0 atom stereocenters. The minimum absolute atomic E-state index is 0.216. The molecule has 0 unspecified atom stereocenters. The molecule has 0 fully saturated rings. The summed E-state index contributed by atoms with van der Waals surface area (Å²) in [6.07, 6.45) is 1.69. The number of nitrogens with zero attached hydrogens (tertiary/aromatic N) is 4. The van der Waals surface area contributed by atoms with Crippen LogP contribution in [-0.4, -0.2) is 55.1 Å². The molecule has 166 valence electrons. The molecule has 32 heavy (non-hydrogen) atoms. The van der Waals surface area contributed by atoms with Gasteiger partial charge >= 0.3 is 0 Å². The van der Waals surface area contributed by atoms with E-state index in [0.717, 1.165) is 21.4 Å². The lowest BCUT2D eigenvalue weighted by Crippen LogP contribution is -2.31. The number of aromatic nitrogens is 3. The number of halogens is 1. The first kappa shape index (κ1) is 22.4. The summed E-state index contributed by atoms with van der Waals surface area (Å²) in [7, 11) is 0.232. The van der Waals surface area contributed by atoms with E-state index in [1.165, 1.54) is 0 Å². The van der Waals surface area contributed by atoms with Crippen LogP contribution in [0.3, 0.4) is 0 Å². The van der Waals surface area contributed by atoms with Crippen LogP contribution in [0.1, 0.15) is 0 Å². The van der Waals surface area contributed by atoms with E-state index in [0.29, 0.717) is 24.6 Å². The van der Waals surface area contributed by atoms with Gasteiger partial charge in [-0.05, 0) is 54.3 Å². The molecule has 2 aromatic heterocycles. The van der Waals surface area contributed by atoms with Gasteiger partial charge in [0.15, 0.2) is 5.65 Å². The van der Waals surface area contributed by atoms with E-state index in [4.69, 9.17) is 4.98 Å². The minimum Gasteiger partial charge on any atom is -0.340 e. The number of sulfonamides is 1. The van der Waals surface area contributed by atoms with Crippen LogP contribution in [0.15, 0.2) is 76.2 Å². The van der Waals surface area contributed by atoms with E-state index in [1.54, 1.807) is 35.0 Å². The quantitative estimate of drug-likeness (QED) is 0.372. The van der Waals surface area contributed by atoms with Crippen LogP contribution in [0.2, 0.25) is 0 Å². The Morgan fingerprint density at radius 1 is 1.06 bits per heavy atom. The van der Waals surface area contributed by atoms with Crippen molar-refractivity contribution in [1.29, 1.82) is 0 Å². The summed E-state index contributed by atoms with van der Waals surface area (Å²) in [5.74, 6) is 0.708. The molecule has 0 aliphatic carbocycles. The number of fused-ring (bicyclic) bond motifs is 1. The normalized spacial score (nSPS) is 11.9. The van der Waals surface area contributed by atoms with E-state index in [9.17, 15) is 8.42 Å². The lowest BCUT2D eigenvalue weighted by Gasteiger charge is -2.13. The molecule has 0 amide bonds. The first-order chi connectivity index (χ1) is 15.3. The topological polar surface area (TPSA) is 91.6 Å². The van der Waals surface area contributed by atoms with Crippen LogP contribution in [0.25, 0.3) is 16.9 Å². The second-order valence-corrected chi connectivity index (χ2v) is 10.1. The van der Waals surface area contributed by atoms with Gasteiger partial charge < -0.3 is 10.2 Å². The van der Waals surface area contributed by atoms with Crippen molar-refractivity contribution in [3.8, 4) is 11.3 Å². The molecule has 4 rings (SSSR count). The zero-order valence-corrected chi connectivity index (χ0v) is 20.1. The highest BCUT2D eigenvalue weighted by Gasteiger charge is 2.15. The number of nitrogens with one attached hydrogen (secondary N) is 2. The van der Waals surface area contributed by atoms with Crippen molar-refractivity contribution in [2.45, 2.75) is 4.90 Å². The molecule has 2 N–H and O–H groups in total. The summed E-state index contributed by atoms with van der Waals surface area (Å²) in [6.45, 7) is 0.973. The first-order valence-electron chi connectivity index (χ1n) is 9.95. The molecule has 0 radical (unpaired) electrons. The van der Waals surface area contributed by atoms with Gasteiger partial charge in [-0.3, -0.25) is 0 Å². The van der Waals surface area contributed by atoms with Crippen molar-refractivity contribution >= 4 is 43.1 Å². The number of anilines is 2. The van der Waals surface area contributed by atoms with Crippen LogP contribution >= 0.6 is 15.9 Å². The predicted molar refractivity (Wildman–Crippen MR) is 130 cm³/mol. The summed E-state index contributed by atoms with van der Waals surface area (Å²) < 4.78 is 30.1. The van der Waals surface area contributed by atoms with Crippen molar-refractivity contribution in [2.75, 3.05) is 32.5 Å². The van der Waals surface area contributed by atoms with Gasteiger partial charge in [-0.1, -0.05) is 30.3 Å². The highest BCUT2D eigenvalue weighted by Crippen LogP contribution is 2.27. The Morgan fingerprint density at radius 2 is 1.78 bits per heavy atom. The molecule has 10 heteroatoms. The summed E-state index contributed by atoms with van der Waals surface area (Å²) in [5.41, 5.74) is 3.19. The lowest BCUT2D eigenvalue weighted by molar-refractivity contribution is 0.412. The van der Waals surface area contributed by atoms with Gasteiger partial charge in [0, 0.05) is 30.4 Å². The molecular formula is C22H23BrN6O2S. The molecule has 2 aromatic carbocycles. The van der Waals surface area contributed by atoms with Crippen LogP contribution in [-0.2, 0) is 10.0 Å². The van der Waals surface area contributed by atoms with Gasteiger partial charge in [-0.25, -0.2) is 18.1 Å². The van der Waals surface area contributed by atoms with E-state index in [-0.39, 0.29) is 4.90 Å². The van der Waals surface area contributed by atoms with Crippen LogP contribution in [0.5, 0.6) is 0 Å². The maximum Gasteiger partial charge on any atom is 0.240 e. The lowest BCUT2D eigenvalue weighted by atomic mass is 10.1. The van der Waals surface area contributed by atoms with Crippen LogP contribution in [0, 0.1) is 0 Å². The molecule has 8 nitrogen and oxygen atoms in total. The van der Waals surface area contributed by atoms with Gasteiger partial charge in [0.25, 0.3) is 0 Å². The largest absolute Gasteiger partial charge is 0.340 e. The molecule has 0 spiro atoms. The van der Waals surface area contributed by atoms with Crippen molar-refractivity contribution in [3.63, 3.8) is 0 Å². The Labute approximate surface area is 195 Å². The van der Waals surface area contributed by atoms with Crippen LogP contribution in [0.4, 0.5) is 11.5 Å². The van der Waals surface area contributed by atoms with Gasteiger partial charge in [-0.15, -0.1) is 0 Å². The minimum atomic E-state index is -3.56. The van der Waals surface area contributed by atoms with E-state index < -0.39 is 10.0 Å². The predicted octanol–water partition coefficient (Wildman–Crippen LogP) is 3.74. The van der Waals surface area contributed by atoms with E-state index in [2.05, 4.69) is 31.1 Å². The summed E-state index contributed by atoms with van der Waals surface area (Å²) in [5, 5.41) is 7.71. The van der Waals surface area contributed by atoms with Gasteiger partial charge in [0.1, 0.15) is 5.82 Å². The first-order valence-corrected chi connectivity index (χ1v) is 12.2. The molecule has 0 saturated heterocycles. The number of hydrogen-bond acceptors (Lipinski definition) is 6. The van der Waals surface area contributed by atoms with Gasteiger partial charge in [0.2, 0.25) is 10.0 Å². The second-order valence-electron chi connectivity index (χ2n) is 7.47. The Kier molecular flexibility index (Phi) is 6.56. The zero-order chi connectivity index (χ0) is 22.7. The fraction of sp³-hybridized carbons (Fsp3) is 0.182. The maximum absolute atomic E-state index is 12.5. The van der Waals surface area contributed by atoms with Gasteiger partial charge in [0.05, 0.1) is 21.3 Å². The standard InChI is InChI=1S/C22H23BrN6O2S/c1-28(2)13-12-25-32(30,31)18-10-8-17(9-11-18)26-21-14-20(16-6-4-3-5-7-16)27-22-19(23)15-24-29(21)22/h3-11,14-15,25-26H,12-13H2,1-2H3. The third-order valence-electron chi connectivity index (χ3n) is 4.79. The third-order valence-corrected chi connectivity index (χ3v) is 6.82. The summed E-state index contributed by atoms with van der Waals surface area (Å²) in [4.78, 5) is 6.85. The molecule has 0 bridgehead atoms. The number of benzene rings is 2. The van der Waals surface area contributed by atoms with Crippen LogP contribution < -0.4 is 10.0 Å². The highest BCUT2D eigenvalue weighted by atomic mass is 79.9. The van der Waals surface area contributed by atoms with Gasteiger partial charge in [-0.2, -0.15) is 9.61 Å². The second kappa shape index (κ2) is 9.37. The Bertz CT molecular complexity index is 1320. The van der Waals surface area contributed by atoms with Crippen molar-refractivity contribution in [3.05, 3.63) is 71.3 Å². The number of rotatable bonds is 8. The average Bonchev–Trinajstić information content (AvgIpc) is 3.15. The third kappa shape index (κ3) is 4.99. The fourth-order valence-corrected chi connectivity index (χ4v) is 4.50. The molecule has 4 aromatic rings. The number of hydrogen-bond donors (Lipinski definition) is 2. The molecule has 0 saturated carbocycles. The van der Waals surface area contributed by atoms with Crippen molar-refractivity contribution in [2.24, 2.45) is 0 Å². The van der Waals surface area contributed by atoms with E-state index >= 15 is 0 Å². The summed E-state index contributed by atoms with van der Waals surface area (Å²) in [6, 6.07) is 18.4. The molecular weight excluding hydrogens is 492 g/mol. The smallest absolute Gasteiger partial charge is 0.240 e.